The summed E-state index contributed by atoms with van der Waals surface area (Å²) in [6, 6.07) is 11.3. The van der Waals surface area contributed by atoms with E-state index in [4.69, 9.17) is 13.9 Å². The molecule has 3 heterocycles. The lowest BCUT2D eigenvalue weighted by Gasteiger charge is -2.47. The summed E-state index contributed by atoms with van der Waals surface area (Å²) in [5.41, 5.74) is 0.795. The Morgan fingerprint density at radius 1 is 1.26 bits per heavy atom. The lowest BCUT2D eigenvalue weighted by atomic mass is 9.80. The molecule has 1 aromatic carbocycles. The summed E-state index contributed by atoms with van der Waals surface area (Å²) in [5, 5.41) is 3.15. The van der Waals surface area contributed by atoms with Gasteiger partial charge in [-0.25, -0.2) is 0 Å². The molecule has 1 amide bonds. The SMILES string of the molecule is COCCN1CCC2(CC1)C[C@@H](NC(=O)c1ccco1)c1ccccc1O2. The molecular weight excluding hydrogens is 344 g/mol. The largest absolute Gasteiger partial charge is 0.487 e. The maximum atomic E-state index is 12.6. The predicted molar refractivity (Wildman–Crippen MR) is 101 cm³/mol. The summed E-state index contributed by atoms with van der Waals surface area (Å²) in [4.78, 5) is 15.0. The number of piperidine rings is 1. The Bertz CT molecular complexity index is 766. The van der Waals surface area contributed by atoms with Gasteiger partial charge in [0.05, 0.1) is 18.9 Å². The van der Waals surface area contributed by atoms with Crippen molar-refractivity contribution in [2.75, 3.05) is 33.4 Å². The van der Waals surface area contributed by atoms with Crippen molar-refractivity contribution in [2.24, 2.45) is 0 Å². The van der Waals surface area contributed by atoms with Gasteiger partial charge in [0.25, 0.3) is 5.91 Å². The van der Waals surface area contributed by atoms with Crippen LogP contribution in [-0.4, -0.2) is 49.8 Å². The first-order valence-electron chi connectivity index (χ1n) is 9.53. The van der Waals surface area contributed by atoms with Gasteiger partial charge in [0.2, 0.25) is 0 Å². The monoisotopic (exact) mass is 370 g/mol. The van der Waals surface area contributed by atoms with E-state index in [9.17, 15) is 4.79 Å². The van der Waals surface area contributed by atoms with E-state index in [1.165, 1.54) is 6.26 Å². The van der Waals surface area contributed by atoms with Crippen molar-refractivity contribution in [2.45, 2.75) is 30.9 Å². The molecule has 6 heteroatoms. The fourth-order valence-electron chi connectivity index (χ4n) is 4.09. The highest BCUT2D eigenvalue weighted by molar-refractivity contribution is 5.91. The molecule has 1 N–H and O–H groups in total. The number of nitrogens with zero attached hydrogens (tertiary/aromatic N) is 1. The van der Waals surface area contributed by atoms with E-state index >= 15 is 0 Å². The molecule has 0 bridgehead atoms. The van der Waals surface area contributed by atoms with Gasteiger partial charge in [-0.1, -0.05) is 18.2 Å². The Morgan fingerprint density at radius 3 is 2.81 bits per heavy atom. The zero-order chi connectivity index (χ0) is 18.7. The van der Waals surface area contributed by atoms with Gasteiger partial charge in [0, 0.05) is 38.7 Å². The van der Waals surface area contributed by atoms with Crippen LogP contribution in [0, 0.1) is 0 Å². The van der Waals surface area contributed by atoms with E-state index in [-0.39, 0.29) is 17.6 Å². The van der Waals surface area contributed by atoms with Crippen molar-refractivity contribution in [3.8, 4) is 5.75 Å². The normalized spacial score (nSPS) is 21.4. The fourth-order valence-corrected chi connectivity index (χ4v) is 4.09. The molecule has 6 nitrogen and oxygen atoms in total. The Labute approximate surface area is 159 Å². The zero-order valence-corrected chi connectivity index (χ0v) is 15.6. The second kappa shape index (κ2) is 7.74. The van der Waals surface area contributed by atoms with Gasteiger partial charge < -0.3 is 24.1 Å². The van der Waals surface area contributed by atoms with Gasteiger partial charge in [-0.15, -0.1) is 0 Å². The third-order valence-corrected chi connectivity index (χ3v) is 5.63. The van der Waals surface area contributed by atoms with Gasteiger partial charge in [-0.3, -0.25) is 4.79 Å². The number of nitrogens with one attached hydrogen (secondary N) is 1. The smallest absolute Gasteiger partial charge is 0.287 e. The topological polar surface area (TPSA) is 63.9 Å². The summed E-state index contributed by atoms with van der Waals surface area (Å²) in [6.07, 6.45) is 4.18. The zero-order valence-electron chi connectivity index (χ0n) is 15.6. The molecule has 0 aliphatic carbocycles. The molecule has 1 spiro atoms. The summed E-state index contributed by atoms with van der Waals surface area (Å²) in [7, 11) is 1.74. The minimum absolute atomic E-state index is 0.0851. The Hall–Kier alpha value is -2.31. The number of carbonyl (C=O) groups excluding carboxylic acids is 1. The number of methoxy groups -OCH3 is 1. The lowest BCUT2D eigenvalue weighted by molar-refractivity contribution is -0.0281. The Balaban J connectivity index is 1.51. The van der Waals surface area contributed by atoms with Crippen LogP contribution < -0.4 is 10.1 Å². The van der Waals surface area contributed by atoms with E-state index in [1.54, 1.807) is 19.2 Å². The van der Waals surface area contributed by atoms with Crippen molar-refractivity contribution < 1.29 is 18.7 Å². The molecule has 144 valence electrons. The molecule has 4 rings (SSSR count). The first-order chi connectivity index (χ1) is 13.2. The number of para-hydroxylation sites is 1. The van der Waals surface area contributed by atoms with Crippen molar-refractivity contribution in [3.05, 3.63) is 54.0 Å². The van der Waals surface area contributed by atoms with Crippen LogP contribution in [0.3, 0.4) is 0 Å². The standard InChI is InChI=1S/C21H26N2O4/c1-25-14-12-23-10-8-21(9-11-23)15-17(16-5-2-3-6-18(16)27-21)22-20(24)19-7-4-13-26-19/h2-7,13,17H,8-12,14-15H2,1H3,(H,22,24)/t17-/m1/s1. The maximum Gasteiger partial charge on any atom is 0.287 e. The summed E-state index contributed by atoms with van der Waals surface area (Å²) >= 11 is 0. The average Bonchev–Trinajstić information content (AvgIpc) is 3.23. The van der Waals surface area contributed by atoms with Crippen LogP contribution in [0.1, 0.15) is 41.4 Å². The second-order valence-corrected chi connectivity index (χ2v) is 7.36. The van der Waals surface area contributed by atoms with Crippen LogP contribution in [0.15, 0.2) is 47.1 Å². The number of likely N-dealkylation sites (tertiary alicyclic amines) is 1. The van der Waals surface area contributed by atoms with Gasteiger partial charge in [0.1, 0.15) is 11.4 Å². The van der Waals surface area contributed by atoms with Crippen LogP contribution >= 0.6 is 0 Å². The number of carbonyl (C=O) groups is 1. The van der Waals surface area contributed by atoms with Gasteiger partial charge in [-0.2, -0.15) is 0 Å². The van der Waals surface area contributed by atoms with Crippen molar-refractivity contribution in [3.63, 3.8) is 0 Å². The summed E-state index contributed by atoms with van der Waals surface area (Å²) < 4.78 is 16.9. The van der Waals surface area contributed by atoms with Crippen LogP contribution in [-0.2, 0) is 4.74 Å². The van der Waals surface area contributed by atoms with Gasteiger partial charge in [0.15, 0.2) is 5.76 Å². The number of furan rings is 1. The highest BCUT2D eigenvalue weighted by atomic mass is 16.5. The number of benzene rings is 1. The van der Waals surface area contributed by atoms with Crippen molar-refractivity contribution in [1.29, 1.82) is 0 Å². The van der Waals surface area contributed by atoms with E-state index < -0.39 is 0 Å². The molecule has 1 atom stereocenters. The lowest BCUT2D eigenvalue weighted by Crippen LogP contribution is -2.52. The molecule has 1 saturated heterocycles. The second-order valence-electron chi connectivity index (χ2n) is 7.36. The molecule has 1 aromatic heterocycles. The number of hydrogen-bond donors (Lipinski definition) is 1. The highest BCUT2D eigenvalue weighted by Crippen LogP contribution is 2.44. The van der Waals surface area contributed by atoms with E-state index in [0.29, 0.717) is 5.76 Å². The Morgan fingerprint density at radius 2 is 2.07 bits per heavy atom. The molecular formula is C21H26N2O4. The van der Waals surface area contributed by atoms with Crippen LogP contribution in [0.4, 0.5) is 0 Å². The quantitative estimate of drug-likeness (QED) is 0.877. The maximum absolute atomic E-state index is 12.6. The third-order valence-electron chi connectivity index (χ3n) is 5.63. The van der Waals surface area contributed by atoms with E-state index in [1.807, 2.05) is 24.3 Å². The first kappa shape index (κ1) is 18.1. The number of ether oxygens (including phenoxy) is 2. The molecule has 2 aliphatic rings. The first-order valence-corrected chi connectivity index (χ1v) is 9.53. The van der Waals surface area contributed by atoms with Gasteiger partial charge >= 0.3 is 0 Å². The third kappa shape index (κ3) is 3.87. The molecule has 0 radical (unpaired) electrons. The molecule has 0 unspecified atom stereocenters. The summed E-state index contributed by atoms with van der Waals surface area (Å²) in [6.45, 7) is 3.65. The number of fused-ring (bicyclic) bond motifs is 1. The molecule has 1 fully saturated rings. The van der Waals surface area contributed by atoms with E-state index in [2.05, 4.69) is 10.2 Å². The van der Waals surface area contributed by atoms with Crippen molar-refractivity contribution >= 4 is 5.91 Å². The van der Waals surface area contributed by atoms with Crippen LogP contribution in [0.25, 0.3) is 0 Å². The van der Waals surface area contributed by atoms with E-state index in [0.717, 1.165) is 56.8 Å². The molecule has 2 aromatic rings. The molecule has 27 heavy (non-hydrogen) atoms. The minimum Gasteiger partial charge on any atom is -0.487 e. The number of rotatable bonds is 5. The highest BCUT2D eigenvalue weighted by Gasteiger charge is 2.43. The van der Waals surface area contributed by atoms with Crippen molar-refractivity contribution in [1.82, 2.24) is 10.2 Å². The number of amides is 1. The number of hydrogen-bond acceptors (Lipinski definition) is 5. The van der Waals surface area contributed by atoms with Gasteiger partial charge in [-0.05, 0) is 31.0 Å². The fraction of sp³-hybridized carbons (Fsp3) is 0.476. The minimum atomic E-state index is -0.237. The predicted octanol–water partition coefficient (Wildman–Crippen LogP) is 3.01. The molecule has 2 aliphatic heterocycles. The van der Waals surface area contributed by atoms with Crippen LogP contribution in [0.2, 0.25) is 0 Å². The average molecular weight is 370 g/mol. The van der Waals surface area contributed by atoms with Crippen LogP contribution in [0.5, 0.6) is 5.75 Å². The summed E-state index contributed by atoms with van der Waals surface area (Å²) in [5.74, 6) is 1.02. The molecule has 0 saturated carbocycles. The Kier molecular flexibility index (Phi) is 5.18.